The van der Waals surface area contributed by atoms with Crippen molar-refractivity contribution < 1.29 is 9.59 Å². The molecule has 0 bridgehead atoms. The van der Waals surface area contributed by atoms with Crippen molar-refractivity contribution in [2.24, 2.45) is 4.99 Å². The summed E-state index contributed by atoms with van der Waals surface area (Å²) in [5.41, 5.74) is 2.69. The van der Waals surface area contributed by atoms with Gasteiger partial charge in [-0.15, -0.1) is 24.0 Å². The lowest BCUT2D eigenvalue weighted by Gasteiger charge is -2.14. The zero-order chi connectivity index (χ0) is 20.4. The summed E-state index contributed by atoms with van der Waals surface area (Å²) in [5.74, 6) is 0.479. The molecule has 8 heteroatoms. The topological polar surface area (TPSA) is 77.0 Å². The van der Waals surface area contributed by atoms with E-state index in [1.807, 2.05) is 31.2 Å². The Labute approximate surface area is 185 Å². The van der Waals surface area contributed by atoms with Gasteiger partial charge in [0.05, 0.1) is 0 Å². The van der Waals surface area contributed by atoms with Crippen molar-refractivity contribution in [2.45, 2.75) is 13.3 Å². The van der Waals surface area contributed by atoms with E-state index in [0.29, 0.717) is 24.6 Å². The summed E-state index contributed by atoms with van der Waals surface area (Å²) in [5, 5.41) is 6.37. The molecule has 0 unspecified atom stereocenters. The van der Waals surface area contributed by atoms with E-state index in [1.165, 1.54) is 4.90 Å². The number of rotatable bonds is 8. The summed E-state index contributed by atoms with van der Waals surface area (Å²) in [7, 11) is 6.88. The molecule has 0 saturated heterocycles. The maximum atomic E-state index is 12.1. The average Bonchev–Trinajstić information content (AvgIpc) is 2.62. The van der Waals surface area contributed by atoms with Crippen molar-refractivity contribution in [3.05, 3.63) is 47.5 Å². The molecule has 156 valence electrons. The van der Waals surface area contributed by atoms with Crippen LogP contribution in [0, 0.1) is 0 Å². The fourth-order valence-corrected chi connectivity index (χ4v) is 2.14. The van der Waals surface area contributed by atoms with Crippen molar-refractivity contribution in [1.82, 2.24) is 20.4 Å². The van der Waals surface area contributed by atoms with E-state index in [0.717, 1.165) is 17.6 Å². The molecule has 2 N–H and O–H groups in total. The third-order valence-corrected chi connectivity index (χ3v) is 3.72. The number of nitrogens with zero attached hydrogens (tertiary/aromatic N) is 3. The molecular weight excluding hydrogens is 469 g/mol. The molecule has 1 aromatic rings. The van der Waals surface area contributed by atoms with Crippen LogP contribution in [0.2, 0.25) is 0 Å². The van der Waals surface area contributed by atoms with Gasteiger partial charge < -0.3 is 20.4 Å². The first-order valence-electron chi connectivity index (χ1n) is 8.88. The van der Waals surface area contributed by atoms with Gasteiger partial charge in [-0.3, -0.25) is 9.59 Å². The normalized spacial score (nSPS) is 10.5. The molecule has 7 nitrogen and oxygen atoms in total. The van der Waals surface area contributed by atoms with E-state index >= 15 is 0 Å². The molecule has 1 rings (SSSR count). The first kappa shape index (κ1) is 25.9. The second kappa shape index (κ2) is 13.1. The Balaban J connectivity index is 0.00000729. The van der Waals surface area contributed by atoms with Gasteiger partial charge in [0, 0.05) is 46.8 Å². The molecule has 0 spiro atoms. The third kappa shape index (κ3) is 9.72. The second-order valence-electron chi connectivity index (χ2n) is 6.84. The zero-order valence-corrected chi connectivity index (χ0v) is 19.7. The summed E-state index contributed by atoms with van der Waals surface area (Å²) in [6.45, 7) is 7.06. The highest BCUT2D eigenvalue weighted by molar-refractivity contribution is 14.0. The number of halogens is 1. The molecule has 0 aliphatic rings. The van der Waals surface area contributed by atoms with E-state index < -0.39 is 0 Å². The maximum absolute atomic E-state index is 12.1. The number of likely N-dealkylation sites (N-methyl/N-ethyl adjacent to an activating group) is 1. The Kier molecular flexibility index (Phi) is 12.2. The molecule has 0 atom stereocenters. The van der Waals surface area contributed by atoms with E-state index in [-0.39, 0.29) is 42.3 Å². The third-order valence-electron chi connectivity index (χ3n) is 3.72. The molecule has 0 radical (unpaired) electrons. The lowest BCUT2D eigenvalue weighted by atomic mass is 10.1. The monoisotopic (exact) mass is 501 g/mol. The molecule has 0 aliphatic heterocycles. The van der Waals surface area contributed by atoms with Gasteiger partial charge in [-0.25, -0.2) is 4.99 Å². The summed E-state index contributed by atoms with van der Waals surface area (Å²) in [6.07, 6.45) is 0.726. The number of hydrogen-bond acceptors (Lipinski definition) is 3. The Bertz CT molecular complexity index is 702. The van der Waals surface area contributed by atoms with Crippen molar-refractivity contribution in [1.29, 1.82) is 0 Å². The lowest BCUT2D eigenvalue weighted by Crippen LogP contribution is -2.40. The van der Waals surface area contributed by atoms with Crippen LogP contribution in [0.1, 0.15) is 22.8 Å². The highest BCUT2D eigenvalue weighted by atomic mass is 127. The van der Waals surface area contributed by atoms with Crippen molar-refractivity contribution in [3.8, 4) is 0 Å². The number of carbonyl (C=O) groups is 2. The molecule has 0 fully saturated rings. The minimum Gasteiger partial charge on any atom is -0.356 e. The summed E-state index contributed by atoms with van der Waals surface area (Å²) < 4.78 is 0. The molecule has 0 aliphatic carbocycles. The number of nitrogens with one attached hydrogen (secondary N) is 2. The smallest absolute Gasteiger partial charge is 0.253 e. The lowest BCUT2D eigenvalue weighted by molar-refractivity contribution is -0.127. The quantitative estimate of drug-likeness (QED) is 0.246. The van der Waals surface area contributed by atoms with E-state index in [2.05, 4.69) is 22.2 Å². The minimum absolute atomic E-state index is 0. The van der Waals surface area contributed by atoms with Gasteiger partial charge in [0.1, 0.15) is 6.54 Å². The molecule has 0 aromatic heterocycles. The molecule has 2 amide bonds. The fourth-order valence-electron chi connectivity index (χ4n) is 2.14. The van der Waals surface area contributed by atoms with Crippen LogP contribution in [0.25, 0.3) is 0 Å². The predicted octanol–water partition coefficient (Wildman–Crippen LogP) is 1.75. The van der Waals surface area contributed by atoms with Gasteiger partial charge in [0.2, 0.25) is 5.91 Å². The van der Waals surface area contributed by atoms with Crippen LogP contribution in [0.3, 0.4) is 0 Å². The van der Waals surface area contributed by atoms with E-state index in [4.69, 9.17) is 0 Å². The number of aliphatic imine (C=N–C) groups is 1. The molecule has 0 saturated carbocycles. The number of benzene rings is 1. The SMILES string of the molecule is C=C(C)CNC(=NCC(=O)N(C)C)NCCc1cccc(C(=O)N(C)C)c1.I. The van der Waals surface area contributed by atoms with Crippen LogP contribution in [0.4, 0.5) is 0 Å². The van der Waals surface area contributed by atoms with Gasteiger partial charge >= 0.3 is 0 Å². The number of amides is 2. The van der Waals surface area contributed by atoms with Crippen LogP contribution >= 0.6 is 24.0 Å². The van der Waals surface area contributed by atoms with E-state index in [1.54, 1.807) is 33.1 Å². The first-order valence-corrected chi connectivity index (χ1v) is 8.88. The molecular formula is C20H32IN5O2. The van der Waals surface area contributed by atoms with Gasteiger partial charge in [0.25, 0.3) is 5.91 Å². The van der Waals surface area contributed by atoms with Crippen LogP contribution in [-0.4, -0.2) is 75.4 Å². The highest BCUT2D eigenvalue weighted by Crippen LogP contribution is 2.07. The summed E-state index contributed by atoms with van der Waals surface area (Å²) >= 11 is 0. The first-order chi connectivity index (χ1) is 12.7. The predicted molar refractivity (Wildman–Crippen MR) is 125 cm³/mol. The summed E-state index contributed by atoms with van der Waals surface area (Å²) in [4.78, 5) is 31.2. The molecule has 1 aromatic carbocycles. The van der Waals surface area contributed by atoms with Crippen molar-refractivity contribution >= 4 is 41.8 Å². The van der Waals surface area contributed by atoms with Gasteiger partial charge in [-0.1, -0.05) is 24.3 Å². The Morgan fingerprint density at radius 2 is 1.79 bits per heavy atom. The fraction of sp³-hybridized carbons (Fsp3) is 0.450. The van der Waals surface area contributed by atoms with Gasteiger partial charge in [0.15, 0.2) is 5.96 Å². The van der Waals surface area contributed by atoms with Crippen LogP contribution < -0.4 is 10.6 Å². The average molecular weight is 501 g/mol. The van der Waals surface area contributed by atoms with Gasteiger partial charge in [-0.2, -0.15) is 0 Å². The van der Waals surface area contributed by atoms with Crippen LogP contribution in [0.5, 0.6) is 0 Å². The maximum Gasteiger partial charge on any atom is 0.253 e. The highest BCUT2D eigenvalue weighted by Gasteiger charge is 2.08. The summed E-state index contributed by atoms with van der Waals surface area (Å²) in [6, 6.07) is 7.59. The standard InChI is InChI=1S/C20H31N5O2.HI/c1-15(2)13-22-20(23-14-18(26)24(3)4)21-11-10-16-8-7-9-17(12-16)19(27)25(5)6;/h7-9,12H,1,10-11,13-14H2,2-6H3,(H2,21,22,23);1H. The Morgan fingerprint density at radius 1 is 1.11 bits per heavy atom. The number of hydrogen-bond donors (Lipinski definition) is 2. The van der Waals surface area contributed by atoms with E-state index in [9.17, 15) is 9.59 Å². The second-order valence-corrected chi connectivity index (χ2v) is 6.84. The molecule has 28 heavy (non-hydrogen) atoms. The minimum atomic E-state index is -0.0682. The van der Waals surface area contributed by atoms with Crippen LogP contribution in [-0.2, 0) is 11.2 Å². The molecule has 0 heterocycles. The Morgan fingerprint density at radius 3 is 2.36 bits per heavy atom. The Hall–Kier alpha value is -2.10. The van der Waals surface area contributed by atoms with Crippen molar-refractivity contribution in [3.63, 3.8) is 0 Å². The number of carbonyl (C=O) groups excluding carboxylic acids is 2. The zero-order valence-electron chi connectivity index (χ0n) is 17.4. The van der Waals surface area contributed by atoms with Crippen molar-refractivity contribution in [2.75, 3.05) is 47.8 Å². The largest absolute Gasteiger partial charge is 0.356 e. The van der Waals surface area contributed by atoms with Crippen LogP contribution in [0.15, 0.2) is 41.4 Å². The van der Waals surface area contributed by atoms with Gasteiger partial charge in [-0.05, 0) is 31.0 Å². The number of guanidine groups is 1.